The lowest BCUT2D eigenvalue weighted by Gasteiger charge is -2.21. The van der Waals surface area contributed by atoms with E-state index in [2.05, 4.69) is 75.7 Å². The highest BCUT2D eigenvalue weighted by Crippen LogP contribution is 2.34. The first-order valence-corrected chi connectivity index (χ1v) is 11.9. The van der Waals surface area contributed by atoms with Crippen LogP contribution < -0.4 is 5.32 Å². The fourth-order valence-corrected chi connectivity index (χ4v) is 5.24. The number of benzene rings is 2. The number of nitrogens with one attached hydrogen (secondary N) is 3. The number of nitrogens with zero attached hydrogens (tertiary/aromatic N) is 2. The van der Waals surface area contributed by atoms with Gasteiger partial charge in [-0.1, -0.05) is 24.6 Å². The Morgan fingerprint density at radius 2 is 1.52 bits per heavy atom. The van der Waals surface area contributed by atoms with Crippen LogP contribution >= 0.6 is 0 Å². The Hall–Kier alpha value is -3.44. The van der Waals surface area contributed by atoms with Crippen molar-refractivity contribution >= 4 is 21.9 Å². The van der Waals surface area contributed by atoms with Crippen LogP contribution in [0.4, 0.5) is 0 Å². The fraction of sp³-hybridized carbons (Fsp3) is 0.286. The summed E-state index contributed by atoms with van der Waals surface area (Å²) in [5, 5.41) is 4.85. The summed E-state index contributed by atoms with van der Waals surface area (Å²) in [6.07, 6.45) is 3.66. The number of hydrogen-bond donors (Lipinski definition) is 3. The van der Waals surface area contributed by atoms with Crippen LogP contribution in [0.5, 0.6) is 0 Å². The first-order chi connectivity index (χ1) is 16.0. The largest absolute Gasteiger partial charge is 0.354 e. The van der Waals surface area contributed by atoms with E-state index in [1.807, 2.05) is 13.8 Å². The van der Waals surface area contributed by atoms with Gasteiger partial charge in [-0.3, -0.25) is 4.98 Å². The van der Waals surface area contributed by atoms with Crippen LogP contribution in [0, 0.1) is 20.8 Å². The maximum Gasteiger partial charge on any atom is 0.124 e. The lowest BCUT2D eigenvalue weighted by atomic mass is 10.0. The molecule has 2 aromatic carbocycles. The standard InChI is InChI=1S/C28H29N5/c1-16-12-21(13-17(2)30-16)27-18(3)22-9-7-19(14-25(22)31-27)20-8-10-23-26(15-20)33-28(32-23)24-6-4-5-11-29-24/h7-10,12-15,24,29,31H,4-6,11H2,1-3H3,(H,32,33)/t24-/m0/s1. The van der Waals surface area contributed by atoms with Gasteiger partial charge in [0.25, 0.3) is 0 Å². The number of aryl methyl sites for hydroxylation is 3. The molecule has 6 rings (SSSR count). The molecule has 0 amide bonds. The first kappa shape index (κ1) is 20.2. The molecule has 0 radical (unpaired) electrons. The second kappa shape index (κ2) is 7.85. The van der Waals surface area contributed by atoms with Gasteiger partial charge in [0.05, 0.1) is 17.1 Å². The van der Waals surface area contributed by atoms with Crippen LogP contribution in [0.25, 0.3) is 44.3 Å². The molecule has 1 fully saturated rings. The van der Waals surface area contributed by atoms with Gasteiger partial charge in [-0.05, 0) is 87.2 Å². The summed E-state index contributed by atoms with van der Waals surface area (Å²) < 4.78 is 0. The Morgan fingerprint density at radius 3 is 2.27 bits per heavy atom. The number of imidazole rings is 1. The normalized spacial score (nSPS) is 16.6. The molecule has 5 nitrogen and oxygen atoms in total. The van der Waals surface area contributed by atoms with Gasteiger partial charge in [0.2, 0.25) is 0 Å². The minimum absolute atomic E-state index is 0.340. The number of aromatic nitrogens is 4. The third-order valence-electron chi connectivity index (χ3n) is 6.90. The highest BCUT2D eigenvalue weighted by molar-refractivity contribution is 5.94. The number of fused-ring (bicyclic) bond motifs is 2. The SMILES string of the molecule is Cc1cc(-c2[nH]c3cc(-c4ccc5nc([C@@H]6CCCCN6)[nH]c5c4)ccc3c2C)cc(C)n1. The minimum atomic E-state index is 0.340. The van der Waals surface area contributed by atoms with Crippen LogP contribution in [0.2, 0.25) is 0 Å². The number of rotatable bonds is 3. The van der Waals surface area contributed by atoms with Crippen LogP contribution in [-0.2, 0) is 0 Å². The van der Waals surface area contributed by atoms with Gasteiger partial charge in [-0.2, -0.15) is 0 Å². The second-order valence-electron chi connectivity index (χ2n) is 9.38. The number of pyridine rings is 1. The van der Waals surface area contributed by atoms with Crippen molar-refractivity contribution in [3.05, 3.63) is 71.3 Å². The lowest BCUT2D eigenvalue weighted by molar-refractivity contribution is 0.400. The van der Waals surface area contributed by atoms with Crippen molar-refractivity contribution in [1.29, 1.82) is 0 Å². The molecular formula is C28H29N5. The summed E-state index contributed by atoms with van der Waals surface area (Å²) in [5.41, 5.74) is 11.4. The summed E-state index contributed by atoms with van der Waals surface area (Å²) in [7, 11) is 0. The molecule has 166 valence electrons. The second-order valence-corrected chi connectivity index (χ2v) is 9.38. The van der Waals surface area contributed by atoms with Gasteiger partial charge in [0, 0.05) is 33.5 Å². The third kappa shape index (κ3) is 3.62. The molecule has 4 heterocycles. The molecule has 0 aliphatic carbocycles. The molecular weight excluding hydrogens is 406 g/mol. The van der Waals surface area contributed by atoms with Gasteiger partial charge in [-0.15, -0.1) is 0 Å². The minimum Gasteiger partial charge on any atom is -0.354 e. The molecule has 0 spiro atoms. The maximum absolute atomic E-state index is 4.85. The van der Waals surface area contributed by atoms with Gasteiger partial charge in [0.15, 0.2) is 0 Å². The van der Waals surface area contributed by atoms with Gasteiger partial charge >= 0.3 is 0 Å². The van der Waals surface area contributed by atoms with Crippen molar-refractivity contribution in [1.82, 2.24) is 25.3 Å². The van der Waals surface area contributed by atoms with Gasteiger partial charge in [-0.25, -0.2) is 4.98 Å². The van der Waals surface area contributed by atoms with E-state index in [1.165, 1.54) is 46.2 Å². The Morgan fingerprint density at radius 1 is 0.758 bits per heavy atom. The van der Waals surface area contributed by atoms with E-state index in [4.69, 9.17) is 4.98 Å². The quantitative estimate of drug-likeness (QED) is 0.302. The van der Waals surface area contributed by atoms with Crippen molar-refractivity contribution in [3.63, 3.8) is 0 Å². The third-order valence-corrected chi connectivity index (χ3v) is 6.90. The first-order valence-electron chi connectivity index (χ1n) is 11.9. The van der Waals surface area contributed by atoms with Crippen molar-refractivity contribution in [3.8, 4) is 22.4 Å². The molecule has 3 aromatic heterocycles. The number of H-pyrrole nitrogens is 2. The van der Waals surface area contributed by atoms with Gasteiger partial charge < -0.3 is 15.3 Å². The monoisotopic (exact) mass is 435 g/mol. The van der Waals surface area contributed by atoms with Crippen molar-refractivity contribution in [2.45, 2.75) is 46.1 Å². The summed E-state index contributed by atoms with van der Waals surface area (Å²) >= 11 is 0. The average molecular weight is 436 g/mol. The fourth-order valence-electron chi connectivity index (χ4n) is 5.24. The number of aromatic amines is 2. The van der Waals surface area contributed by atoms with E-state index < -0.39 is 0 Å². The van der Waals surface area contributed by atoms with Crippen molar-refractivity contribution in [2.75, 3.05) is 6.54 Å². The van der Waals surface area contributed by atoms with E-state index in [9.17, 15) is 0 Å². The van der Waals surface area contributed by atoms with Gasteiger partial charge in [0.1, 0.15) is 5.82 Å². The molecule has 3 N–H and O–H groups in total. The molecule has 1 aliphatic heterocycles. The van der Waals surface area contributed by atoms with Crippen LogP contribution in [-0.4, -0.2) is 26.5 Å². The zero-order chi connectivity index (χ0) is 22.5. The summed E-state index contributed by atoms with van der Waals surface area (Å²) in [4.78, 5) is 16.6. The molecule has 1 aliphatic rings. The van der Waals surface area contributed by atoms with Crippen LogP contribution in [0.1, 0.15) is 48.1 Å². The van der Waals surface area contributed by atoms with Crippen molar-refractivity contribution < 1.29 is 0 Å². The lowest BCUT2D eigenvalue weighted by Crippen LogP contribution is -2.27. The van der Waals surface area contributed by atoms with Crippen molar-refractivity contribution in [2.24, 2.45) is 0 Å². The average Bonchev–Trinajstić information content (AvgIpc) is 3.39. The molecule has 0 unspecified atom stereocenters. The number of hydrogen-bond acceptors (Lipinski definition) is 3. The predicted octanol–water partition coefficient (Wildman–Crippen LogP) is 6.51. The molecule has 1 saturated heterocycles. The Bertz CT molecular complexity index is 1460. The predicted molar refractivity (Wildman–Crippen MR) is 135 cm³/mol. The molecule has 0 bridgehead atoms. The summed E-state index contributed by atoms with van der Waals surface area (Å²) in [5.74, 6) is 1.06. The zero-order valence-corrected chi connectivity index (χ0v) is 19.4. The smallest absolute Gasteiger partial charge is 0.124 e. The molecule has 5 aromatic rings. The highest BCUT2D eigenvalue weighted by Gasteiger charge is 2.18. The van der Waals surface area contributed by atoms with E-state index >= 15 is 0 Å². The molecule has 0 saturated carbocycles. The van der Waals surface area contributed by atoms with Crippen LogP contribution in [0.15, 0.2) is 48.5 Å². The van der Waals surface area contributed by atoms with E-state index in [-0.39, 0.29) is 0 Å². The Balaban J connectivity index is 1.38. The maximum atomic E-state index is 4.85. The van der Waals surface area contributed by atoms with Crippen LogP contribution in [0.3, 0.4) is 0 Å². The Labute approximate surface area is 193 Å². The van der Waals surface area contributed by atoms with E-state index in [0.29, 0.717) is 6.04 Å². The molecule has 33 heavy (non-hydrogen) atoms. The zero-order valence-electron chi connectivity index (χ0n) is 19.4. The Kier molecular flexibility index (Phi) is 4.80. The molecule has 1 atom stereocenters. The summed E-state index contributed by atoms with van der Waals surface area (Å²) in [6, 6.07) is 17.9. The number of piperidine rings is 1. The highest BCUT2D eigenvalue weighted by atomic mass is 15.0. The summed E-state index contributed by atoms with van der Waals surface area (Å²) in [6.45, 7) is 7.36. The topological polar surface area (TPSA) is 69.4 Å². The van der Waals surface area contributed by atoms with E-state index in [1.54, 1.807) is 0 Å². The van der Waals surface area contributed by atoms with E-state index in [0.717, 1.165) is 46.7 Å². The molecule has 5 heteroatoms.